The van der Waals surface area contributed by atoms with Crippen molar-refractivity contribution in [2.75, 3.05) is 0 Å². The van der Waals surface area contributed by atoms with Gasteiger partial charge in [0.25, 0.3) is 9.70 Å². The monoisotopic (exact) mass is 337 g/mol. The first-order chi connectivity index (χ1) is 9.25. The molecule has 7 heteroatoms. The van der Waals surface area contributed by atoms with Gasteiger partial charge in [0.2, 0.25) is 0 Å². The van der Waals surface area contributed by atoms with Crippen LogP contribution in [0.25, 0.3) is 0 Å². The summed E-state index contributed by atoms with van der Waals surface area (Å²) in [6, 6.07) is 10.3. The molecular formula is C13H8Cl3F2NO. The maximum atomic E-state index is 14.1. The maximum Gasteiger partial charge on any atom is 0.334 e. The van der Waals surface area contributed by atoms with Gasteiger partial charge >= 0.3 is 5.92 Å². The third kappa shape index (κ3) is 2.68. The van der Waals surface area contributed by atoms with Gasteiger partial charge in [-0.1, -0.05) is 53.0 Å². The van der Waals surface area contributed by atoms with Crippen molar-refractivity contribution in [3.05, 3.63) is 59.9 Å². The van der Waals surface area contributed by atoms with E-state index in [0.717, 1.165) is 10.6 Å². The number of alkyl halides is 5. The molecule has 106 valence electrons. The van der Waals surface area contributed by atoms with E-state index in [4.69, 9.17) is 34.8 Å². The summed E-state index contributed by atoms with van der Waals surface area (Å²) in [5.41, 5.74) is -0.420. The van der Waals surface area contributed by atoms with Gasteiger partial charge in [0.1, 0.15) is 0 Å². The average molecular weight is 339 g/mol. The van der Waals surface area contributed by atoms with Crippen molar-refractivity contribution in [3.63, 3.8) is 0 Å². The van der Waals surface area contributed by atoms with Gasteiger partial charge in [0, 0.05) is 11.8 Å². The molecule has 0 spiro atoms. The van der Waals surface area contributed by atoms with Gasteiger partial charge in [-0.2, -0.15) is 8.78 Å². The van der Waals surface area contributed by atoms with Crippen LogP contribution in [-0.2, 0) is 5.92 Å². The molecule has 0 N–H and O–H groups in total. The highest BCUT2D eigenvalue weighted by molar-refractivity contribution is 6.68. The van der Waals surface area contributed by atoms with Crippen molar-refractivity contribution in [1.82, 2.24) is 4.57 Å². The summed E-state index contributed by atoms with van der Waals surface area (Å²) in [7, 11) is 0. The summed E-state index contributed by atoms with van der Waals surface area (Å²) in [5.74, 6) is -4.43. The van der Waals surface area contributed by atoms with Crippen molar-refractivity contribution in [2.24, 2.45) is 0 Å². The number of carbonyl (C=O) groups excluding carboxylic acids is 1. The van der Waals surface area contributed by atoms with Crippen LogP contribution in [0.15, 0.2) is 48.7 Å². The normalized spacial score (nSPS) is 12.4. The van der Waals surface area contributed by atoms with Crippen molar-refractivity contribution < 1.29 is 13.6 Å². The van der Waals surface area contributed by atoms with E-state index in [9.17, 15) is 13.6 Å². The standard InChI is InChI=1S/C13H8Cl3F2NO/c14-13(15,16)12(17,18)10-7-4-8-19(10)11(20)9-5-2-1-3-6-9/h1-8H. The van der Waals surface area contributed by atoms with E-state index >= 15 is 0 Å². The first-order valence-corrected chi connectivity index (χ1v) is 6.60. The zero-order chi connectivity index (χ0) is 15.0. The summed E-state index contributed by atoms with van der Waals surface area (Å²) >= 11 is 15.9. The van der Waals surface area contributed by atoms with Crippen LogP contribution < -0.4 is 0 Å². The van der Waals surface area contributed by atoms with Crippen LogP contribution in [0.3, 0.4) is 0 Å². The van der Waals surface area contributed by atoms with Gasteiger partial charge in [-0.25, -0.2) is 0 Å². The number of rotatable bonds is 2. The summed E-state index contributed by atoms with van der Waals surface area (Å²) in [4.78, 5) is 12.2. The van der Waals surface area contributed by atoms with Gasteiger partial charge in [-0.15, -0.1) is 0 Å². The molecule has 0 aliphatic carbocycles. The van der Waals surface area contributed by atoms with Crippen molar-refractivity contribution >= 4 is 40.7 Å². The molecule has 1 aromatic heterocycles. The van der Waals surface area contributed by atoms with Gasteiger partial charge < -0.3 is 0 Å². The predicted molar refractivity (Wildman–Crippen MR) is 74.8 cm³/mol. The van der Waals surface area contributed by atoms with Crippen LogP contribution in [0.4, 0.5) is 8.78 Å². The second-order valence-electron chi connectivity index (χ2n) is 4.01. The molecule has 0 amide bonds. The quantitative estimate of drug-likeness (QED) is 0.731. The molecule has 0 bridgehead atoms. The lowest BCUT2D eigenvalue weighted by molar-refractivity contribution is -0.00739. The number of carbonyl (C=O) groups is 1. The summed E-state index contributed by atoms with van der Waals surface area (Å²) in [6.45, 7) is 0. The Morgan fingerprint density at radius 2 is 1.60 bits per heavy atom. The molecule has 2 aromatic rings. The summed E-state index contributed by atoms with van der Waals surface area (Å²) < 4.78 is 26.1. The lowest BCUT2D eigenvalue weighted by atomic mass is 10.2. The fourth-order valence-electron chi connectivity index (χ4n) is 1.68. The van der Waals surface area contributed by atoms with Gasteiger partial charge in [-0.05, 0) is 24.3 Å². The molecule has 0 atom stereocenters. The average Bonchev–Trinajstić information content (AvgIpc) is 2.87. The molecule has 0 unspecified atom stereocenters. The minimum Gasteiger partial charge on any atom is -0.281 e. The second-order valence-corrected chi connectivity index (χ2v) is 6.29. The number of nitrogens with zero attached hydrogens (tertiary/aromatic N) is 1. The number of halogens is 5. The third-order valence-electron chi connectivity index (χ3n) is 2.67. The molecule has 2 rings (SSSR count). The maximum absolute atomic E-state index is 14.1. The molecule has 2 nitrogen and oxygen atoms in total. The topological polar surface area (TPSA) is 22.0 Å². The van der Waals surface area contributed by atoms with E-state index in [-0.39, 0.29) is 5.56 Å². The molecule has 0 saturated heterocycles. The molecule has 1 heterocycles. The fraction of sp³-hybridized carbons (Fsp3) is 0.154. The Morgan fingerprint density at radius 1 is 1.00 bits per heavy atom. The molecule has 0 radical (unpaired) electrons. The van der Waals surface area contributed by atoms with E-state index < -0.39 is 21.3 Å². The van der Waals surface area contributed by atoms with Gasteiger partial charge in [0.05, 0.1) is 5.69 Å². The van der Waals surface area contributed by atoms with Gasteiger partial charge in [-0.3, -0.25) is 9.36 Å². The fourth-order valence-corrected chi connectivity index (χ4v) is 1.97. The number of hydrogen-bond acceptors (Lipinski definition) is 1. The van der Waals surface area contributed by atoms with Crippen LogP contribution in [0, 0.1) is 0 Å². The first kappa shape index (κ1) is 15.3. The predicted octanol–water partition coefficient (Wildman–Crippen LogP) is 4.64. The minimum absolute atomic E-state index is 0.255. The van der Waals surface area contributed by atoms with Gasteiger partial charge in [0.15, 0.2) is 0 Å². The lowest BCUT2D eigenvalue weighted by Crippen LogP contribution is -2.34. The highest BCUT2D eigenvalue weighted by Crippen LogP contribution is 2.49. The summed E-state index contributed by atoms with van der Waals surface area (Å²) in [6.07, 6.45) is 1.20. The Hall–Kier alpha value is -1.10. The van der Waals surface area contributed by atoms with Crippen molar-refractivity contribution in [1.29, 1.82) is 0 Å². The lowest BCUT2D eigenvalue weighted by Gasteiger charge is -2.24. The third-order valence-corrected chi connectivity index (χ3v) is 3.38. The number of benzene rings is 1. The van der Waals surface area contributed by atoms with E-state index in [1.807, 2.05) is 0 Å². The Kier molecular flexibility index (Phi) is 4.09. The number of hydrogen-bond donors (Lipinski definition) is 0. The van der Waals surface area contributed by atoms with Crippen molar-refractivity contribution in [3.8, 4) is 0 Å². The number of aromatic nitrogens is 1. The largest absolute Gasteiger partial charge is 0.334 e. The zero-order valence-electron chi connectivity index (χ0n) is 9.86. The van der Waals surface area contributed by atoms with E-state index in [2.05, 4.69) is 0 Å². The minimum atomic E-state index is -3.80. The van der Waals surface area contributed by atoms with E-state index in [1.54, 1.807) is 18.2 Å². The smallest absolute Gasteiger partial charge is 0.281 e. The van der Waals surface area contributed by atoms with Crippen LogP contribution in [0.1, 0.15) is 16.1 Å². The van der Waals surface area contributed by atoms with Crippen molar-refractivity contribution in [2.45, 2.75) is 9.72 Å². The highest BCUT2D eigenvalue weighted by atomic mass is 35.6. The first-order valence-electron chi connectivity index (χ1n) is 5.47. The van der Waals surface area contributed by atoms with Crippen LogP contribution in [0.2, 0.25) is 0 Å². The van der Waals surface area contributed by atoms with Crippen LogP contribution in [-0.4, -0.2) is 14.3 Å². The Labute approximate surface area is 128 Å². The molecule has 0 saturated carbocycles. The Balaban J connectivity index is 2.47. The molecule has 0 fully saturated rings. The van der Waals surface area contributed by atoms with E-state index in [0.29, 0.717) is 0 Å². The van der Waals surface area contributed by atoms with E-state index in [1.165, 1.54) is 24.4 Å². The molecule has 0 aliphatic rings. The Bertz CT molecular complexity index is 620. The molecule has 20 heavy (non-hydrogen) atoms. The molecule has 1 aromatic carbocycles. The summed E-state index contributed by atoms with van der Waals surface area (Å²) in [5, 5.41) is 0. The molecular weight excluding hydrogens is 331 g/mol. The SMILES string of the molecule is O=C(c1ccccc1)n1cccc1C(F)(F)C(Cl)(Cl)Cl. The molecule has 0 aliphatic heterocycles. The van der Waals surface area contributed by atoms with Crippen LogP contribution in [0.5, 0.6) is 0 Å². The highest BCUT2D eigenvalue weighted by Gasteiger charge is 2.54. The second kappa shape index (κ2) is 5.35. The zero-order valence-corrected chi connectivity index (χ0v) is 12.1. The Morgan fingerprint density at radius 3 is 2.15 bits per heavy atom. The van der Waals surface area contributed by atoms with Crippen LogP contribution >= 0.6 is 34.8 Å².